The van der Waals surface area contributed by atoms with Crippen LogP contribution in [0.4, 0.5) is 0 Å². The summed E-state index contributed by atoms with van der Waals surface area (Å²) in [6.45, 7) is 7.10. The smallest absolute Gasteiger partial charge is 0.270 e. The number of hydrogen-bond donors (Lipinski definition) is 1. The Morgan fingerprint density at radius 1 is 1.40 bits per heavy atom. The average Bonchev–Trinajstić information content (AvgIpc) is 2.94. The molecular formula is C16H27N3O. The number of nitrogens with zero attached hydrogens (tertiary/aromatic N) is 2. The minimum atomic E-state index is 0.191. The molecule has 0 unspecified atom stereocenters. The van der Waals surface area contributed by atoms with E-state index < -0.39 is 0 Å². The lowest BCUT2D eigenvalue weighted by atomic mass is 9.93. The van der Waals surface area contributed by atoms with Crippen LogP contribution in [0.1, 0.15) is 49.6 Å². The van der Waals surface area contributed by atoms with E-state index in [9.17, 15) is 4.79 Å². The fourth-order valence-corrected chi connectivity index (χ4v) is 2.96. The number of piperidine rings is 1. The summed E-state index contributed by atoms with van der Waals surface area (Å²) < 4.78 is 2.06. The molecule has 1 aliphatic heterocycles. The number of nitrogens with one attached hydrogen (secondary N) is 1. The molecule has 0 radical (unpaired) electrons. The summed E-state index contributed by atoms with van der Waals surface area (Å²) in [4.78, 5) is 14.6. The number of likely N-dealkylation sites (tertiary alicyclic amines) is 1. The van der Waals surface area contributed by atoms with E-state index in [1.165, 1.54) is 6.42 Å². The largest absolute Gasteiger partial charge is 0.341 e. The molecule has 0 atom stereocenters. The van der Waals surface area contributed by atoms with Crippen molar-refractivity contribution in [1.82, 2.24) is 14.8 Å². The van der Waals surface area contributed by atoms with Gasteiger partial charge in [-0.05, 0) is 64.8 Å². The normalized spacial score (nSPS) is 16.9. The van der Waals surface area contributed by atoms with Crippen molar-refractivity contribution in [2.45, 2.75) is 39.2 Å². The van der Waals surface area contributed by atoms with Gasteiger partial charge in [0.25, 0.3) is 5.91 Å². The Labute approximate surface area is 122 Å². The quantitative estimate of drug-likeness (QED) is 0.898. The first kappa shape index (κ1) is 15.1. The van der Waals surface area contributed by atoms with Crippen LogP contribution < -0.4 is 5.32 Å². The molecule has 0 spiro atoms. The summed E-state index contributed by atoms with van der Waals surface area (Å²) in [6, 6.07) is 4.24. The van der Waals surface area contributed by atoms with E-state index >= 15 is 0 Å². The molecule has 0 bridgehead atoms. The number of rotatable bonds is 5. The van der Waals surface area contributed by atoms with E-state index in [1.807, 2.05) is 30.3 Å². The summed E-state index contributed by atoms with van der Waals surface area (Å²) in [5.74, 6) is 0.958. The minimum Gasteiger partial charge on any atom is -0.341 e. The van der Waals surface area contributed by atoms with Gasteiger partial charge < -0.3 is 14.8 Å². The lowest BCUT2D eigenvalue weighted by Gasteiger charge is -2.32. The van der Waals surface area contributed by atoms with Gasteiger partial charge in [-0.2, -0.15) is 0 Å². The first-order chi connectivity index (χ1) is 9.63. The van der Waals surface area contributed by atoms with Crippen LogP contribution in [0.5, 0.6) is 0 Å². The van der Waals surface area contributed by atoms with Crippen molar-refractivity contribution < 1.29 is 4.79 Å². The highest BCUT2D eigenvalue weighted by Crippen LogP contribution is 2.22. The van der Waals surface area contributed by atoms with Gasteiger partial charge in [-0.15, -0.1) is 0 Å². The van der Waals surface area contributed by atoms with E-state index in [4.69, 9.17) is 0 Å². The Hall–Kier alpha value is -1.29. The number of hydrogen-bond acceptors (Lipinski definition) is 2. The summed E-state index contributed by atoms with van der Waals surface area (Å²) in [7, 11) is 2.00. The van der Waals surface area contributed by atoms with Gasteiger partial charge in [0.1, 0.15) is 5.69 Å². The molecule has 0 saturated carbocycles. The Morgan fingerprint density at radius 3 is 2.70 bits per heavy atom. The van der Waals surface area contributed by atoms with Gasteiger partial charge in [0.2, 0.25) is 0 Å². The molecule has 1 aromatic heterocycles. The molecule has 20 heavy (non-hydrogen) atoms. The maximum absolute atomic E-state index is 12.6. The molecule has 1 fully saturated rings. The van der Waals surface area contributed by atoms with Gasteiger partial charge in [-0.1, -0.05) is 0 Å². The number of aromatic nitrogens is 1. The molecule has 1 amide bonds. The minimum absolute atomic E-state index is 0.191. The van der Waals surface area contributed by atoms with Gasteiger partial charge in [0, 0.05) is 25.3 Å². The third-order valence-electron chi connectivity index (χ3n) is 4.26. The molecule has 4 heteroatoms. The zero-order valence-electron chi connectivity index (χ0n) is 12.9. The number of carbonyl (C=O) groups excluding carboxylic acids is 1. The third-order valence-corrected chi connectivity index (χ3v) is 4.26. The Kier molecular flexibility index (Phi) is 5.24. The molecule has 1 aliphatic rings. The average molecular weight is 277 g/mol. The third kappa shape index (κ3) is 3.42. The lowest BCUT2D eigenvalue weighted by molar-refractivity contribution is 0.0674. The van der Waals surface area contributed by atoms with Gasteiger partial charge >= 0.3 is 0 Å². The number of amides is 1. The van der Waals surface area contributed by atoms with E-state index in [0.29, 0.717) is 6.04 Å². The van der Waals surface area contributed by atoms with Crippen molar-refractivity contribution in [3.8, 4) is 0 Å². The molecule has 1 aromatic rings. The SMILES string of the molecule is CNCCC1CCN(C(=O)c2cccn2C(C)C)CC1. The van der Waals surface area contributed by atoms with E-state index in [1.54, 1.807) is 0 Å². The monoisotopic (exact) mass is 277 g/mol. The Bertz CT molecular complexity index is 431. The van der Waals surface area contributed by atoms with Crippen LogP contribution in [0.3, 0.4) is 0 Å². The van der Waals surface area contributed by atoms with Crippen LogP contribution in [0.15, 0.2) is 18.3 Å². The second-order valence-electron chi connectivity index (χ2n) is 6.02. The van der Waals surface area contributed by atoms with Crippen LogP contribution >= 0.6 is 0 Å². The second-order valence-corrected chi connectivity index (χ2v) is 6.02. The maximum Gasteiger partial charge on any atom is 0.270 e. The van der Waals surface area contributed by atoms with Gasteiger partial charge in [-0.3, -0.25) is 4.79 Å². The molecular weight excluding hydrogens is 250 g/mol. The van der Waals surface area contributed by atoms with Crippen LogP contribution in [0, 0.1) is 5.92 Å². The molecule has 2 rings (SSSR count). The number of carbonyl (C=O) groups is 1. The topological polar surface area (TPSA) is 37.3 Å². The summed E-state index contributed by atoms with van der Waals surface area (Å²) in [5, 5.41) is 3.21. The zero-order valence-corrected chi connectivity index (χ0v) is 12.9. The van der Waals surface area contributed by atoms with Crippen molar-refractivity contribution in [3.05, 3.63) is 24.0 Å². The van der Waals surface area contributed by atoms with Crippen molar-refractivity contribution >= 4 is 5.91 Å². The molecule has 0 aromatic carbocycles. The van der Waals surface area contributed by atoms with Crippen LogP contribution in [-0.2, 0) is 0 Å². The van der Waals surface area contributed by atoms with Crippen LogP contribution in [0.25, 0.3) is 0 Å². The van der Waals surface area contributed by atoms with Gasteiger partial charge in [0.15, 0.2) is 0 Å². The first-order valence-electron chi connectivity index (χ1n) is 7.74. The summed E-state index contributed by atoms with van der Waals surface area (Å²) in [5.41, 5.74) is 0.827. The van der Waals surface area contributed by atoms with Gasteiger partial charge in [0.05, 0.1) is 0 Å². The predicted molar refractivity (Wildman–Crippen MR) is 82.0 cm³/mol. The highest BCUT2D eigenvalue weighted by Gasteiger charge is 2.25. The Morgan fingerprint density at radius 2 is 2.10 bits per heavy atom. The molecule has 1 N–H and O–H groups in total. The zero-order chi connectivity index (χ0) is 14.5. The molecule has 1 saturated heterocycles. The second kappa shape index (κ2) is 6.93. The van der Waals surface area contributed by atoms with E-state index in [0.717, 1.165) is 44.1 Å². The van der Waals surface area contributed by atoms with Crippen LogP contribution in [-0.4, -0.2) is 42.1 Å². The summed E-state index contributed by atoms with van der Waals surface area (Å²) >= 11 is 0. The van der Waals surface area contributed by atoms with E-state index in [-0.39, 0.29) is 5.91 Å². The predicted octanol–water partition coefficient (Wildman–Crippen LogP) is 2.53. The van der Waals surface area contributed by atoms with Crippen molar-refractivity contribution in [2.24, 2.45) is 5.92 Å². The standard InChI is InChI=1S/C16H27N3O/c1-13(2)19-10-4-5-15(19)16(20)18-11-7-14(8-12-18)6-9-17-3/h4-5,10,13-14,17H,6-9,11-12H2,1-3H3. The summed E-state index contributed by atoms with van der Waals surface area (Å²) in [6.07, 6.45) is 5.49. The van der Waals surface area contributed by atoms with Crippen molar-refractivity contribution in [2.75, 3.05) is 26.7 Å². The van der Waals surface area contributed by atoms with Gasteiger partial charge in [-0.25, -0.2) is 0 Å². The highest BCUT2D eigenvalue weighted by atomic mass is 16.2. The molecule has 4 nitrogen and oxygen atoms in total. The Balaban J connectivity index is 1.93. The van der Waals surface area contributed by atoms with E-state index in [2.05, 4.69) is 23.7 Å². The van der Waals surface area contributed by atoms with Crippen molar-refractivity contribution in [3.63, 3.8) is 0 Å². The van der Waals surface area contributed by atoms with Crippen molar-refractivity contribution in [1.29, 1.82) is 0 Å². The molecule has 112 valence electrons. The molecule has 0 aliphatic carbocycles. The highest BCUT2D eigenvalue weighted by molar-refractivity contribution is 5.92. The fraction of sp³-hybridized carbons (Fsp3) is 0.688. The maximum atomic E-state index is 12.6. The van der Waals surface area contributed by atoms with Crippen LogP contribution in [0.2, 0.25) is 0 Å². The first-order valence-corrected chi connectivity index (χ1v) is 7.74. The molecule has 2 heterocycles. The lowest BCUT2D eigenvalue weighted by Crippen LogP contribution is -2.39. The fourth-order valence-electron chi connectivity index (χ4n) is 2.96.